The minimum Gasteiger partial charge on any atom is -0.497 e. The molecule has 0 aliphatic carbocycles. The monoisotopic (exact) mass is 426 g/mol. The average Bonchev–Trinajstić information content (AvgIpc) is 2.50. The summed E-state index contributed by atoms with van der Waals surface area (Å²) in [5.74, 6) is 1.68. The van der Waals surface area contributed by atoms with Gasteiger partial charge in [-0.25, -0.2) is 0 Å². The highest BCUT2D eigenvalue weighted by atomic mass is 79.9. The lowest BCUT2D eigenvalue weighted by molar-refractivity contribution is 0.159. The summed E-state index contributed by atoms with van der Waals surface area (Å²) in [7, 11) is 1.74. The van der Waals surface area contributed by atoms with E-state index in [0.717, 1.165) is 37.8 Å². The van der Waals surface area contributed by atoms with Crippen molar-refractivity contribution >= 4 is 40.7 Å². The van der Waals surface area contributed by atoms with Gasteiger partial charge >= 0.3 is 0 Å². The molecule has 0 radical (unpaired) electrons. The molecule has 0 aromatic heterocycles. The predicted octanol–water partition coefficient (Wildman–Crippen LogP) is 4.68. The molecule has 2 rings (SSSR count). The largest absolute Gasteiger partial charge is 0.497 e. The van der Waals surface area contributed by atoms with Crippen LogP contribution in [0.15, 0.2) is 22.7 Å². The van der Waals surface area contributed by atoms with Crippen LogP contribution in [0, 0.1) is 5.92 Å². The molecule has 1 heterocycles. The lowest BCUT2D eigenvalue weighted by atomic mass is 9.95. The number of hydrogen-bond donors (Lipinski definition) is 1. The maximum absolute atomic E-state index is 5.42. The molecule has 1 aliphatic heterocycles. The Morgan fingerprint density at radius 2 is 1.83 bits per heavy atom. The second-order valence-corrected chi connectivity index (χ2v) is 7.01. The molecule has 1 N–H and O–H groups in total. The van der Waals surface area contributed by atoms with Crippen molar-refractivity contribution < 1.29 is 4.74 Å². The van der Waals surface area contributed by atoms with Gasteiger partial charge in [0.05, 0.1) is 7.11 Å². The predicted molar refractivity (Wildman–Crippen MR) is 106 cm³/mol. The van der Waals surface area contributed by atoms with Crippen molar-refractivity contribution in [3.63, 3.8) is 0 Å². The van der Waals surface area contributed by atoms with Crippen molar-refractivity contribution in [3.05, 3.63) is 28.2 Å². The van der Waals surface area contributed by atoms with Gasteiger partial charge in [0.25, 0.3) is 0 Å². The normalized spacial score (nSPS) is 16.4. The molecule has 1 saturated heterocycles. The summed E-state index contributed by atoms with van der Waals surface area (Å²) < 4.78 is 6.61. The smallest absolute Gasteiger partial charge is 0.119 e. The van der Waals surface area contributed by atoms with E-state index in [4.69, 9.17) is 4.74 Å². The van der Waals surface area contributed by atoms with E-state index in [0.29, 0.717) is 6.04 Å². The minimum atomic E-state index is 0. The van der Waals surface area contributed by atoms with Gasteiger partial charge in [0.1, 0.15) is 5.75 Å². The van der Waals surface area contributed by atoms with Gasteiger partial charge in [0.15, 0.2) is 0 Å². The fourth-order valence-electron chi connectivity index (χ4n) is 2.92. The molecule has 0 saturated carbocycles. The van der Waals surface area contributed by atoms with Gasteiger partial charge in [0, 0.05) is 36.7 Å². The van der Waals surface area contributed by atoms with Crippen LogP contribution < -0.4 is 10.1 Å². The van der Waals surface area contributed by atoms with Crippen molar-refractivity contribution in [2.45, 2.75) is 32.7 Å². The van der Waals surface area contributed by atoms with Crippen LogP contribution in [0.3, 0.4) is 0 Å². The van der Waals surface area contributed by atoms with Crippen LogP contribution >= 0.6 is 40.7 Å². The number of benzene rings is 1. The van der Waals surface area contributed by atoms with E-state index in [1.54, 1.807) is 7.11 Å². The van der Waals surface area contributed by atoms with Crippen molar-refractivity contribution in [3.8, 4) is 5.75 Å². The fourth-order valence-corrected chi connectivity index (χ4v) is 3.43. The van der Waals surface area contributed by atoms with Gasteiger partial charge < -0.3 is 10.1 Å². The van der Waals surface area contributed by atoms with E-state index in [1.165, 1.54) is 22.9 Å². The summed E-state index contributed by atoms with van der Waals surface area (Å²) in [6.45, 7) is 9.00. The van der Waals surface area contributed by atoms with Crippen LogP contribution in [0.1, 0.15) is 38.3 Å². The van der Waals surface area contributed by atoms with Gasteiger partial charge in [-0.15, -0.1) is 24.8 Å². The number of nitrogens with one attached hydrogen (secondary N) is 1. The van der Waals surface area contributed by atoms with Crippen molar-refractivity contribution in [2.24, 2.45) is 5.92 Å². The zero-order valence-electron chi connectivity index (χ0n) is 14.2. The molecular formula is C17H29BrCl2N2O. The van der Waals surface area contributed by atoms with E-state index in [9.17, 15) is 0 Å². The Hall–Kier alpha value is -0.000000000000000111. The third kappa shape index (κ3) is 6.79. The molecule has 134 valence electrons. The Kier molecular flexibility index (Phi) is 11.5. The maximum atomic E-state index is 5.42. The van der Waals surface area contributed by atoms with Crippen molar-refractivity contribution in [1.29, 1.82) is 0 Å². The van der Waals surface area contributed by atoms with E-state index in [-0.39, 0.29) is 24.8 Å². The maximum Gasteiger partial charge on any atom is 0.119 e. The minimum absolute atomic E-state index is 0. The number of nitrogens with zero attached hydrogens (tertiary/aromatic N) is 1. The van der Waals surface area contributed by atoms with Gasteiger partial charge in [0.2, 0.25) is 0 Å². The summed E-state index contributed by atoms with van der Waals surface area (Å²) in [6.07, 6.45) is 2.45. The number of rotatable bonds is 6. The Morgan fingerprint density at radius 1 is 1.17 bits per heavy atom. The average molecular weight is 428 g/mol. The molecule has 1 aromatic rings. The molecule has 1 aromatic carbocycles. The van der Waals surface area contributed by atoms with Crippen molar-refractivity contribution in [2.75, 3.05) is 33.3 Å². The lowest BCUT2D eigenvalue weighted by Crippen LogP contribution is -2.45. The number of halogens is 3. The van der Waals surface area contributed by atoms with Crippen LogP contribution in [0.5, 0.6) is 5.75 Å². The van der Waals surface area contributed by atoms with Gasteiger partial charge in [-0.05, 0) is 42.5 Å². The first-order valence-electron chi connectivity index (χ1n) is 7.90. The van der Waals surface area contributed by atoms with E-state index >= 15 is 0 Å². The molecular weight excluding hydrogens is 399 g/mol. The Labute approximate surface area is 161 Å². The molecule has 0 unspecified atom stereocenters. The number of piperazine rings is 1. The van der Waals surface area contributed by atoms with Gasteiger partial charge in [-0.2, -0.15) is 0 Å². The first kappa shape index (κ1) is 23.0. The number of methoxy groups -OCH3 is 1. The highest BCUT2D eigenvalue weighted by molar-refractivity contribution is 9.10. The Bertz CT molecular complexity index is 454. The van der Waals surface area contributed by atoms with E-state index in [1.807, 2.05) is 6.07 Å². The molecule has 0 spiro atoms. The Morgan fingerprint density at radius 3 is 2.39 bits per heavy atom. The topological polar surface area (TPSA) is 24.5 Å². The summed E-state index contributed by atoms with van der Waals surface area (Å²) in [5.41, 5.74) is 1.36. The summed E-state index contributed by atoms with van der Waals surface area (Å²) in [6, 6.07) is 6.79. The molecule has 1 aliphatic rings. The standard InChI is InChI=1S/C17H27BrN2O.2ClH/c1-13(2)4-7-17(20-10-8-19-9-11-20)15-12-14(21-3)5-6-16(15)18;;/h5-6,12-13,17,19H,4,7-11H2,1-3H3;2*1H/t17-;;/m0../s1. The molecule has 23 heavy (non-hydrogen) atoms. The second kappa shape index (κ2) is 11.5. The first-order chi connectivity index (χ1) is 10.1. The molecule has 0 amide bonds. The van der Waals surface area contributed by atoms with Crippen LogP contribution in [0.4, 0.5) is 0 Å². The van der Waals surface area contributed by atoms with E-state index in [2.05, 4.69) is 52.1 Å². The van der Waals surface area contributed by atoms with Crippen LogP contribution in [0.25, 0.3) is 0 Å². The lowest BCUT2D eigenvalue weighted by Gasteiger charge is -2.36. The summed E-state index contributed by atoms with van der Waals surface area (Å²) >= 11 is 3.74. The Balaban J connectivity index is 0.00000242. The van der Waals surface area contributed by atoms with Crippen LogP contribution in [-0.2, 0) is 0 Å². The SMILES string of the molecule is COc1ccc(Br)c([C@H](CCC(C)C)N2CCNCC2)c1.Cl.Cl. The third-order valence-corrected chi connectivity index (χ3v) is 4.89. The third-order valence-electron chi connectivity index (χ3n) is 4.17. The zero-order chi connectivity index (χ0) is 15.2. The highest BCUT2D eigenvalue weighted by Gasteiger charge is 2.24. The molecule has 1 atom stereocenters. The number of ether oxygens (including phenoxy) is 1. The first-order valence-corrected chi connectivity index (χ1v) is 8.69. The van der Waals surface area contributed by atoms with E-state index < -0.39 is 0 Å². The van der Waals surface area contributed by atoms with Gasteiger partial charge in [-0.3, -0.25) is 4.90 Å². The molecule has 6 heteroatoms. The van der Waals surface area contributed by atoms with Gasteiger partial charge in [-0.1, -0.05) is 29.8 Å². The van der Waals surface area contributed by atoms with Crippen molar-refractivity contribution in [1.82, 2.24) is 10.2 Å². The summed E-state index contributed by atoms with van der Waals surface area (Å²) in [4.78, 5) is 2.61. The van der Waals surface area contributed by atoms with Crippen LogP contribution in [-0.4, -0.2) is 38.2 Å². The fraction of sp³-hybridized carbons (Fsp3) is 0.647. The molecule has 0 bridgehead atoms. The highest BCUT2D eigenvalue weighted by Crippen LogP contribution is 2.35. The zero-order valence-corrected chi connectivity index (χ0v) is 17.4. The summed E-state index contributed by atoms with van der Waals surface area (Å²) in [5, 5.41) is 3.45. The number of hydrogen-bond acceptors (Lipinski definition) is 3. The second-order valence-electron chi connectivity index (χ2n) is 6.16. The quantitative estimate of drug-likeness (QED) is 0.712. The molecule has 3 nitrogen and oxygen atoms in total. The molecule has 1 fully saturated rings. The van der Waals surface area contributed by atoms with Crippen LogP contribution in [0.2, 0.25) is 0 Å².